The summed E-state index contributed by atoms with van der Waals surface area (Å²) < 4.78 is 24.2. The third-order valence-electron chi connectivity index (χ3n) is 4.74. The summed E-state index contributed by atoms with van der Waals surface area (Å²) in [4.78, 5) is 14.7. The second kappa shape index (κ2) is 8.61. The minimum atomic E-state index is -0.613. The molecule has 1 N–H and O–H groups in total. The van der Waals surface area contributed by atoms with Crippen molar-refractivity contribution < 1.29 is 18.7 Å². The summed E-state index contributed by atoms with van der Waals surface area (Å²) in [5.41, 5.74) is 2.49. The van der Waals surface area contributed by atoms with Crippen LogP contribution in [0.15, 0.2) is 59.8 Å². The summed E-state index contributed by atoms with van der Waals surface area (Å²) in [5.74, 6) is -0.215. The fourth-order valence-electron chi connectivity index (χ4n) is 3.46. The molecule has 1 heterocycles. The van der Waals surface area contributed by atoms with Gasteiger partial charge in [-0.05, 0) is 60.1 Å². The Balaban J connectivity index is 2.21. The first-order chi connectivity index (χ1) is 13.9. The monoisotopic (exact) mass is 414 g/mol. The van der Waals surface area contributed by atoms with Crippen LogP contribution in [0.3, 0.4) is 0 Å². The SMILES string of the molecule is COC(=O)C1=C(C(C)C)N(c2ccc(OC)cc2)C(=S)N[C@H]1c1cccc(F)c1. The molecule has 0 radical (unpaired) electrons. The zero-order chi connectivity index (χ0) is 21.1. The van der Waals surface area contributed by atoms with E-state index in [0.29, 0.717) is 27.7 Å². The van der Waals surface area contributed by atoms with Crippen LogP contribution in [0.1, 0.15) is 25.5 Å². The van der Waals surface area contributed by atoms with Gasteiger partial charge in [-0.3, -0.25) is 4.90 Å². The lowest BCUT2D eigenvalue weighted by atomic mass is 9.90. The molecule has 0 aliphatic carbocycles. The largest absolute Gasteiger partial charge is 0.497 e. The third kappa shape index (κ3) is 4.10. The smallest absolute Gasteiger partial charge is 0.338 e. The molecule has 0 amide bonds. The molecule has 0 saturated carbocycles. The number of carbonyl (C=O) groups is 1. The quantitative estimate of drug-likeness (QED) is 0.580. The molecule has 5 nitrogen and oxygen atoms in total. The van der Waals surface area contributed by atoms with Crippen LogP contribution in [0.5, 0.6) is 5.75 Å². The van der Waals surface area contributed by atoms with Crippen LogP contribution in [-0.2, 0) is 9.53 Å². The summed E-state index contributed by atoms with van der Waals surface area (Å²) in [6.45, 7) is 3.96. The Morgan fingerprint density at radius 2 is 1.86 bits per heavy atom. The van der Waals surface area contributed by atoms with Crippen molar-refractivity contribution >= 4 is 29.0 Å². The van der Waals surface area contributed by atoms with E-state index >= 15 is 0 Å². The Kier molecular flexibility index (Phi) is 6.17. The van der Waals surface area contributed by atoms with E-state index in [1.165, 1.54) is 19.2 Å². The second-order valence-electron chi connectivity index (χ2n) is 6.92. The van der Waals surface area contributed by atoms with Crippen molar-refractivity contribution in [2.24, 2.45) is 5.92 Å². The standard InChI is InChI=1S/C22H23FN2O3S/c1-13(2)20-18(21(26)28-4)19(14-6-5-7-15(23)12-14)24-22(29)25(20)16-8-10-17(27-3)11-9-16/h5-13,19H,1-4H3,(H,24,29)/t19-/m0/s1. The van der Waals surface area contributed by atoms with Crippen LogP contribution in [0.25, 0.3) is 0 Å². The van der Waals surface area contributed by atoms with Crippen LogP contribution < -0.4 is 15.0 Å². The first-order valence-corrected chi connectivity index (χ1v) is 9.60. The lowest BCUT2D eigenvalue weighted by molar-refractivity contribution is -0.136. The van der Waals surface area contributed by atoms with Crippen molar-refractivity contribution in [3.8, 4) is 5.75 Å². The van der Waals surface area contributed by atoms with Gasteiger partial charge in [0, 0.05) is 11.4 Å². The Morgan fingerprint density at radius 1 is 1.17 bits per heavy atom. The van der Waals surface area contributed by atoms with Crippen LogP contribution in [0.2, 0.25) is 0 Å². The Hall–Kier alpha value is -2.93. The number of esters is 1. The summed E-state index contributed by atoms with van der Waals surface area (Å²) in [6, 6.07) is 12.9. The number of thiocarbonyl (C=S) groups is 1. The van der Waals surface area contributed by atoms with Gasteiger partial charge in [0.1, 0.15) is 11.6 Å². The van der Waals surface area contributed by atoms with Gasteiger partial charge in [-0.1, -0.05) is 26.0 Å². The average Bonchev–Trinajstić information content (AvgIpc) is 2.72. The summed E-state index contributed by atoms with van der Waals surface area (Å²) in [5, 5.41) is 3.61. The normalized spacial score (nSPS) is 16.7. The maximum atomic E-state index is 13.9. The number of nitrogens with zero attached hydrogens (tertiary/aromatic N) is 1. The lowest BCUT2D eigenvalue weighted by Gasteiger charge is -2.40. The van der Waals surface area contributed by atoms with Crippen LogP contribution in [0, 0.1) is 11.7 Å². The number of halogens is 1. The average molecular weight is 415 g/mol. The van der Waals surface area contributed by atoms with Gasteiger partial charge in [0.15, 0.2) is 5.11 Å². The van der Waals surface area contributed by atoms with E-state index in [4.69, 9.17) is 21.7 Å². The zero-order valence-electron chi connectivity index (χ0n) is 16.7. The first-order valence-electron chi connectivity index (χ1n) is 9.19. The number of allylic oxidation sites excluding steroid dienone is 1. The van der Waals surface area contributed by atoms with Crippen LogP contribution >= 0.6 is 12.2 Å². The van der Waals surface area contributed by atoms with Gasteiger partial charge in [0.05, 0.1) is 25.8 Å². The maximum absolute atomic E-state index is 13.9. The molecule has 0 fully saturated rings. The molecule has 2 aromatic carbocycles. The van der Waals surface area contributed by atoms with Crippen molar-refractivity contribution in [3.63, 3.8) is 0 Å². The predicted octanol–water partition coefficient (Wildman–Crippen LogP) is 4.35. The van der Waals surface area contributed by atoms with E-state index in [1.54, 1.807) is 19.2 Å². The molecule has 1 aliphatic rings. The molecule has 0 spiro atoms. The Labute approximate surface area is 175 Å². The molecule has 1 atom stereocenters. The van der Waals surface area contributed by atoms with Gasteiger partial charge >= 0.3 is 5.97 Å². The van der Waals surface area contributed by atoms with Gasteiger partial charge in [-0.15, -0.1) is 0 Å². The van der Waals surface area contributed by atoms with Crippen molar-refractivity contribution in [1.29, 1.82) is 0 Å². The highest BCUT2D eigenvalue weighted by Crippen LogP contribution is 2.38. The molecule has 0 aromatic heterocycles. The van der Waals surface area contributed by atoms with E-state index in [9.17, 15) is 9.18 Å². The zero-order valence-corrected chi connectivity index (χ0v) is 17.5. The van der Waals surface area contributed by atoms with E-state index in [-0.39, 0.29) is 11.7 Å². The van der Waals surface area contributed by atoms with E-state index in [0.717, 1.165) is 5.69 Å². The molecular formula is C22H23FN2O3S. The minimum Gasteiger partial charge on any atom is -0.497 e. The van der Waals surface area contributed by atoms with Crippen LogP contribution in [-0.4, -0.2) is 25.3 Å². The molecule has 3 rings (SSSR count). The van der Waals surface area contributed by atoms with Crippen molar-refractivity contribution in [3.05, 3.63) is 71.2 Å². The lowest BCUT2D eigenvalue weighted by Crippen LogP contribution is -2.49. The van der Waals surface area contributed by atoms with Crippen molar-refractivity contribution in [1.82, 2.24) is 5.32 Å². The molecule has 7 heteroatoms. The summed E-state index contributed by atoms with van der Waals surface area (Å²) in [6.07, 6.45) is 0. The van der Waals surface area contributed by atoms with E-state index < -0.39 is 12.0 Å². The molecule has 0 bridgehead atoms. The predicted molar refractivity (Wildman–Crippen MR) is 114 cm³/mol. The molecule has 152 valence electrons. The molecule has 1 aliphatic heterocycles. The van der Waals surface area contributed by atoms with Crippen molar-refractivity contribution in [2.75, 3.05) is 19.1 Å². The second-order valence-corrected chi connectivity index (χ2v) is 7.30. The number of rotatable bonds is 5. The molecular weight excluding hydrogens is 391 g/mol. The number of carbonyl (C=O) groups excluding carboxylic acids is 1. The third-order valence-corrected chi connectivity index (χ3v) is 5.04. The summed E-state index contributed by atoms with van der Waals surface area (Å²) >= 11 is 5.66. The maximum Gasteiger partial charge on any atom is 0.338 e. The minimum absolute atomic E-state index is 0.0534. The van der Waals surface area contributed by atoms with Gasteiger partial charge in [0.2, 0.25) is 0 Å². The first kappa shape index (κ1) is 20.8. The Morgan fingerprint density at radius 3 is 2.41 bits per heavy atom. The fraction of sp³-hybridized carbons (Fsp3) is 0.273. The van der Waals surface area contributed by atoms with Gasteiger partial charge in [0.25, 0.3) is 0 Å². The highest BCUT2D eigenvalue weighted by molar-refractivity contribution is 7.80. The molecule has 2 aromatic rings. The number of nitrogens with one attached hydrogen (secondary N) is 1. The molecule has 0 unspecified atom stereocenters. The highest BCUT2D eigenvalue weighted by atomic mass is 32.1. The van der Waals surface area contributed by atoms with Crippen molar-refractivity contribution in [2.45, 2.75) is 19.9 Å². The topological polar surface area (TPSA) is 50.8 Å². The highest BCUT2D eigenvalue weighted by Gasteiger charge is 2.38. The number of hydrogen-bond donors (Lipinski definition) is 1. The number of ether oxygens (including phenoxy) is 2. The van der Waals surface area contributed by atoms with Gasteiger partial charge in [-0.25, -0.2) is 9.18 Å². The number of anilines is 1. The van der Waals surface area contributed by atoms with Crippen LogP contribution in [0.4, 0.5) is 10.1 Å². The number of methoxy groups -OCH3 is 2. The fourth-order valence-corrected chi connectivity index (χ4v) is 3.78. The molecule has 29 heavy (non-hydrogen) atoms. The van der Waals surface area contributed by atoms with E-state index in [1.807, 2.05) is 43.0 Å². The number of benzene rings is 2. The molecule has 0 saturated heterocycles. The van der Waals surface area contributed by atoms with Gasteiger partial charge in [-0.2, -0.15) is 0 Å². The Bertz CT molecular complexity index is 957. The van der Waals surface area contributed by atoms with Gasteiger partial charge < -0.3 is 14.8 Å². The number of hydrogen-bond acceptors (Lipinski definition) is 4. The van der Waals surface area contributed by atoms with E-state index in [2.05, 4.69) is 5.32 Å². The summed E-state index contributed by atoms with van der Waals surface area (Å²) in [7, 11) is 2.93.